The average molecular weight is 215 g/mol. The fourth-order valence-electron chi connectivity index (χ4n) is 1.98. The molecule has 0 bridgehead atoms. The van der Waals surface area contributed by atoms with Crippen LogP contribution < -0.4 is 5.73 Å². The van der Waals surface area contributed by atoms with Crippen molar-refractivity contribution in [1.82, 2.24) is 0 Å². The maximum Gasteiger partial charge on any atom is 0.101 e. The molecule has 2 N–H and O–H groups in total. The first kappa shape index (κ1) is 11.0. The van der Waals surface area contributed by atoms with Crippen LogP contribution in [0.3, 0.4) is 0 Å². The topological polar surface area (TPSA) is 39.2 Å². The Hall–Kier alpha value is -1.54. The summed E-state index contributed by atoms with van der Waals surface area (Å²) in [6, 6.07) is 8.23. The standard InChI is InChI=1S/C14H17NO/c1-9-4-5-13(10(2)6-9)14(15)12-7-11(3)16-8-12/h4-8,14H,15H2,1-3H3. The highest BCUT2D eigenvalue weighted by Crippen LogP contribution is 2.24. The molecular weight excluding hydrogens is 198 g/mol. The number of nitrogens with two attached hydrogens (primary N) is 1. The van der Waals surface area contributed by atoms with E-state index in [9.17, 15) is 0 Å². The summed E-state index contributed by atoms with van der Waals surface area (Å²) in [6.07, 6.45) is 1.74. The van der Waals surface area contributed by atoms with Crippen molar-refractivity contribution in [2.45, 2.75) is 26.8 Å². The van der Waals surface area contributed by atoms with Crippen LogP contribution in [0.25, 0.3) is 0 Å². The second kappa shape index (κ2) is 4.14. The minimum absolute atomic E-state index is 0.0990. The van der Waals surface area contributed by atoms with Crippen LogP contribution in [0, 0.1) is 20.8 Å². The van der Waals surface area contributed by atoms with Crippen LogP contribution in [-0.4, -0.2) is 0 Å². The van der Waals surface area contributed by atoms with Gasteiger partial charge in [-0.2, -0.15) is 0 Å². The van der Waals surface area contributed by atoms with Gasteiger partial charge in [-0.25, -0.2) is 0 Å². The fraction of sp³-hybridized carbons (Fsp3) is 0.286. The van der Waals surface area contributed by atoms with E-state index in [0.29, 0.717) is 0 Å². The predicted molar refractivity (Wildman–Crippen MR) is 65.4 cm³/mol. The number of hydrogen-bond donors (Lipinski definition) is 1. The fourth-order valence-corrected chi connectivity index (χ4v) is 1.98. The number of rotatable bonds is 2. The number of benzene rings is 1. The van der Waals surface area contributed by atoms with Crippen LogP contribution in [0.2, 0.25) is 0 Å². The second-order valence-corrected chi connectivity index (χ2v) is 4.33. The summed E-state index contributed by atoms with van der Waals surface area (Å²) < 4.78 is 5.29. The Labute approximate surface area is 96.1 Å². The van der Waals surface area contributed by atoms with Crippen LogP contribution in [0.1, 0.15) is 34.1 Å². The third-order valence-corrected chi connectivity index (χ3v) is 2.87. The molecule has 1 aromatic heterocycles. The van der Waals surface area contributed by atoms with Crippen molar-refractivity contribution < 1.29 is 4.42 Å². The molecule has 0 spiro atoms. The van der Waals surface area contributed by atoms with E-state index in [4.69, 9.17) is 10.2 Å². The first-order chi connectivity index (χ1) is 7.58. The van der Waals surface area contributed by atoms with Crippen LogP contribution in [0.15, 0.2) is 34.9 Å². The number of hydrogen-bond acceptors (Lipinski definition) is 2. The second-order valence-electron chi connectivity index (χ2n) is 4.33. The Balaban J connectivity index is 2.37. The van der Waals surface area contributed by atoms with E-state index in [0.717, 1.165) is 16.9 Å². The van der Waals surface area contributed by atoms with E-state index in [-0.39, 0.29) is 6.04 Å². The van der Waals surface area contributed by atoms with Gasteiger partial charge in [-0.05, 0) is 38.0 Å². The molecule has 0 radical (unpaired) electrons. The molecular formula is C14H17NO. The summed E-state index contributed by atoms with van der Waals surface area (Å²) in [7, 11) is 0. The maximum atomic E-state index is 6.22. The quantitative estimate of drug-likeness (QED) is 0.835. The van der Waals surface area contributed by atoms with E-state index < -0.39 is 0 Å². The van der Waals surface area contributed by atoms with Gasteiger partial charge in [0, 0.05) is 5.56 Å². The van der Waals surface area contributed by atoms with E-state index in [1.165, 1.54) is 11.1 Å². The van der Waals surface area contributed by atoms with Gasteiger partial charge in [0.25, 0.3) is 0 Å². The van der Waals surface area contributed by atoms with Crippen LogP contribution in [0.4, 0.5) is 0 Å². The summed E-state index contributed by atoms with van der Waals surface area (Å²) in [5, 5.41) is 0. The van der Waals surface area contributed by atoms with Crippen LogP contribution >= 0.6 is 0 Å². The molecule has 0 amide bonds. The molecule has 0 saturated carbocycles. The van der Waals surface area contributed by atoms with Gasteiger partial charge in [0.05, 0.1) is 12.3 Å². The first-order valence-corrected chi connectivity index (χ1v) is 5.45. The lowest BCUT2D eigenvalue weighted by molar-refractivity contribution is 0.530. The lowest BCUT2D eigenvalue weighted by Crippen LogP contribution is -2.12. The van der Waals surface area contributed by atoms with E-state index in [1.54, 1.807) is 6.26 Å². The van der Waals surface area contributed by atoms with Crippen molar-refractivity contribution in [2.75, 3.05) is 0 Å². The van der Waals surface area contributed by atoms with Gasteiger partial charge < -0.3 is 10.2 Å². The summed E-state index contributed by atoms with van der Waals surface area (Å²) in [5.41, 5.74) is 10.9. The van der Waals surface area contributed by atoms with Crippen molar-refractivity contribution in [2.24, 2.45) is 5.73 Å². The van der Waals surface area contributed by atoms with Crippen molar-refractivity contribution in [3.8, 4) is 0 Å². The lowest BCUT2D eigenvalue weighted by Gasteiger charge is -2.13. The zero-order chi connectivity index (χ0) is 11.7. The summed E-state index contributed by atoms with van der Waals surface area (Å²) in [4.78, 5) is 0. The molecule has 0 aliphatic rings. The first-order valence-electron chi connectivity index (χ1n) is 5.45. The monoisotopic (exact) mass is 215 g/mol. The van der Waals surface area contributed by atoms with Gasteiger partial charge in [0.1, 0.15) is 5.76 Å². The molecule has 0 aliphatic carbocycles. The van der Waals surface area contributed by atoms with Gasteiger partial charge in [0.2, 0.25) is 0 Å². The highest BCUT2D eigenvalue weighted by atomic mass is 16.3. The zero-order valence-electron chi connectivity index (χ0n) is 9.95. The Kier molecular flexibility index (Phi) is 2.84. The minimum atomic E-state index is -0.0990. The van der Waals surface area contributed by atoms with Crippen molar-refractivity contribution in [1.29, 1.82) is 0 Å². The number of aryl methyl sites for hydroxylation is 3. The summed E-state index contributed by atoms with van der Waals surface area (Å²) >= 11 is 0. The summed E-state index contributed by atoms with van der Waals surface area (Å²) in [5.74, 6) is 0.898. The molecule has 0 fully saturated rings. The highest BCUT2D eigenvalue weighted by Gasteiger charge is 2.13. The van der Waals surface area contributed by atoms with E-state index in [2.05, 4.69) is 32.0 Å². The molecule has 2 heteroatoms. The third-order valence-electron chi connectivity index (χ3n) is 2.87. The Bertz CT molecular complexity index is 499. The zero-order valence-corrected chi connectivity index (χ0v) is 9.95. The summed E-state index contributed by atoms with van der Waals surface area (Å²) in [6.45, 7) is 6.11. The molecule has 2 nitrogen and oxygen atoms in total. The largest absolute Gasteiger partial charge is 0.469 e. The highest BCUT2D eigenvalue weighted by molar-refractivity contribution is 5.37. The van der Waals surface area contributed by atoms with Crippen molar-refractivity contribution >= 4 is 0 Å². The molecule has 1 unspecified atom stereocenters. The molecule has 1 aromatic carbocycles. The maximum absolute atomic E-state index is 6.22. The molecule has 2 aromatic rings. The Morgan fingerprint density at radius 1 is 1.12 bits per heavy atom. The van der Waals surface area contributed by atoms with Gasteiger partial charge >= 0.3 is 0 Å². The Morgan fingerprint density at radius 3 is 2.44 bits per heavy atom. The number of furan rings is 1. The lowest BCUT2D eigenvalue weighted by atomic mass is 9.96. The normalized spacial score (nSPS) is 12.8. The third kappa shape index (κ3) is 2.02. The van der Waals surface area contributed by atoms with Crippen LogP contribution in [0.5, 0.6) is 0 Å². The van der Waals surface area contributed by atoms with Crippen LogP contribution in [-0.2, 0) is 0 Å². The molecule has 16 heavy (non-hydrogen) atoms. The molecule has 1 heterocycles. The molecule has 0 aliphatic heterocycles. The van der Waals surface area contributed by atoms with E-state index in [1.807, 2.05) is 13.0 Å². The van der Waals surface area contributed by atoms with Gasteiger partial charge in [0.15, 0.2) is 0 Å². The smallest absolute Gasteiger partial charge is 0.101 e. The molecule has 2 rings (SSSR count). The Morgan fingerprint density at radius 2 is 1.88 bits per heavy atom. The van der Waals surface area contributed by atoms with Crippen molar-refractivity contribution in [3.63, 3.8) is 0 Å². The average Bonchev–Trinajstić information content (AvgIpc) is 2.64. The molecule has 0 saturated heterocycles. The minimum Gasteiger partial charge on any atom is -0.469 e. The molecule has 1 atom stereocenters. The van der Waals surface area contributed by atoms with Crippen molar-refractivity contribution in [3.05, 3.63) is 58.5 Å². The predicted octanol–water partition coefficient (Wildman–Crippen LogP) is 3.25. The van der Waals surface area contributed by atoms with E-state index >= 15 is 0 Å². The van der Waals surface area contributed by atoms with Gasteiger partial charge in [-0.1, -0.05) is 23.8 Å². The van der Waals surface area contributed by atoms with Gasteiger partial charge in [-0.15, -0.1) is 0 Å². The SMILES string of the molecule is Cc1ccc(C(N)c2coc(C)c2)c(C)c1. The van der Waals surface area contributed by atoms with Gasteiger partial charge in [-0.3, -0.25) is 0 Å². The molecule has 84 valence electrons.